The first-order valence-electron chi connectivity index (χ1n) is 9.11. The summed E-state index contributed by atoms with van der Waals surface area (Å²) in [5.74, 6) is 0.299. The van der Waals surface area contributed by atoms with E-state index < -0.39 is 6.04 Å². The summed E-state index contributed by atoms with van der Waals surface area (Å²) in [6.07, 6.45) is 1.53. The zero-order valence-corrected chi connectivity index (χ0v) is 16.1. The Morgan fingerprint density at radius 2 is 1.85 bits per heavy atom. The van der Waals surface area contributed by atoms with E-state index in [-0.39, 0.29) is 23.8 Å². The van der Waals surface area contributed by atoms with Crippen molar-refractivity contribution in [2.75, 3.05) is 33.8 Å². The molecule has 2 atom stereocenters. The molecule has 1 aromatic carbocycles. The molecule has 8 nitrogen and oxygen atoms in total. The molecule has 0 saturated carbocycles. The molecule has 0 bridgehead atoms. The highest BCUT2D eigenvalue weighted by atomic mass is 16.5. The minimum absolute atomic E-state index is 0.125. The molecule has 1 fully saturated rings. The first-order valence-corrected chi connectivity index (χ1v) is 9.11. The number of methoxy groups -OCH3 is 1. The molecule has 0 unspecified atom stereocenters. The van der Waals surface area contributed by atoms with E-state index in [2.05, 4.69) is 16.0 Å². The van der Waals surface area contributed by atoms with Crippen LogP contribution in [0.1, 0.15) is 31.4 Å². The summed E-state index contributed by atoms with van der Waals surface area (Å²) < 4.78 is 5.18. The molecule has 0 aliphatic carbocycles. The molecule has 2 rings (SSSR count). The Bertz CT molecular complexity index is 662. The highest BCUT2D eigenvalue weighted by Gasteiger charge is 2.38. The predicted molar refractivity (Wildman–Crippen MR) is 101 cm³/mol. The molecule has 1 aliphatic heterocycles. The van der Waals surface area contributed by atoms with Crippen LogP contribution in [-0.4, -0.2) is 62.5 Å². The number of nitrogens with zero attached hydrogens (tertiary/aromatic N) is 1. The van der Waals surface area contributed by atoms with Crippen molar-refractivity contribution in [1.29, 1.82) is 0 Å². The smallest absolute Gasteiger partial charge is 0.241 e. The van der Waals surface area contributed by atoms with Gasteiger partial charge in [-0.1, -0.05) is 12.1 Å². The van der Waals surface area contributed by atoms with Crippen LogP contribution in [0.4, 0.5) is 0 Å². The molecule has 0 radical (unpaired) electrons. The number of likely N-dealkylation sites (tertiary alicyclic amines) is 1. The maximum atomic E-state index is 12.6. The molecular weight excluding hydrogens is 348 g/mol. The van der Waals surface area contributed by atoms with Crippen LogP contribution in [0.25, 0.3) is 0 Å². The monoisotopic (exact) mass is 376 g/mol. The SMILES string of the molecule is CNC(=O)[C@@H](c1ccc(OC)cc1)N1CCC[C@H]1C(=O)NCCNC(C)=O. The zero-order valence-electron chi connectivity index (χ0n) is 16.1. The van der Waals surface area contributed by atoms with Gasteiger partial charge in [0, 0.05) is 33.6 Å². The summed E-state index contributed by atoms with van der Waals surface area (Å²) in [5.41, 5.74) is 0.813. The maximum Gasteiger partial charge on any atom is 0.241 e. The van der Waals surface area contributed by atoms with Gasteiger partial charge >= 0.3 is 0 Å². The summed E-state index contributed by atoms with van der Waals surface area (Å²) in [4.78, 5) is 38.1. The standard InChI is InChI=1S/C19H28N4O4/c1-13(24)21-10-11-22-18(25)16-5-4-12-23(16)17(19(26)20-2)14-6-8-15(27-3)9-7-14/h6-9,16-17H,4-5,10-12H2,1-3H3,(H,20,26)(H,21,24)(H,22,25)/t16-,17+/m0/s1. The lowest BCUT2D eigenvalue weighted by molar-refractivity contribution is -0.131. The predicted octanol–water partition coefficient (Wildman–Crippen LogP) is 0.199. The van der Waals surface area contributed by atoms with Crippen molar-refractivity contribution in [3.8, 4) is 5.75 Å². The van der Waals surface area contributed by atoms with Crippen LogP contribution >= 0.6 is 0 Å². The van der Waals surface area contributed by atoms with E-state index in [0.717, 1.165) is 12.0 Å². The van der Waals surface area contributed by atoms with Crippen LogP contribution in [0.2, 0.25) is 0 Å². The number of ether oxygens (including phenoxy) is 1. The highest BCUT2D eigenvalue weighted by molar-refractivity contribution is 5.86. The Hall–Kier alpha value is -2.61. The molecule has 148 valence electrons. The summed E-state index contributed by atoms with van der Waals surface area (Å²) in [6, 6.07) is 6.39. The van der Waals surface area contributed by atoms with Crippen molar-refractivity contribution < 1.29 is 19.1 Å². The van der Waals surface area contributed by atoms with E-state index in [1.807, 2.05) is 29.2 Å². The molecular formula is C19H28N4O4. The lowest BCUT2D eigenvalue weighted by Gasteiger charge is -2.31. The minimum Gasteiger partial charge on any atom is -0.497 e. The van der Waals surface area contributed by atoms with Gasteiger partial charge in [0.15, 0.2) is 0 Å². The largest absolute Gasteiger partial charge is 0.497 e. The van der Waals surface area contributed by atoms with Gasteiger partial charge in [0.25, 0.3) is 0 Å². The number of carbonyl (C=O) groups excluding carboxylic acids is 3. The molecule has 0 aromatic heterocycles. The molecule has 1 aliphatic rings. The zero-order chi connectivity index (χ0) is 19.8. The van der Waals surface area contributed by atoms with Crippen molar-refractivity contribution in [1.82, 2.24) is 20.9 Å². The molecule has 1 aromatic rings. The maximum absolute atomic E-state index is 12.6. The lowest BCUT2D eigenvalue weighted by Crippen LogP contribution is -2.49. The molecule has 27 heavy (non-hydrogen) atoms. The second kappa shape index (κ2) is 9.91. The Morgan fingerprint density at radius 3 is 2.44 bits per heavy atom. The quantitative estimate of drug-likeness (QED) is 0.563. The second-order valence-corrected chi connectivity index (χ2v) is 6.46. The number of nitrogens with one attached hydrogen (secondary N) is 3. The number of amides is 3. The van der Waals surface area contributed by atoms with Gasteiger partial charge in [0.05, 0.1) is 13.2 Å². The first kappa shape index (κ1) is 20.7. The molecule has 1 saturated heterocycles. The van der Waals surface area contributed by atoms with Crippen LogP contribution in [0.5, 0.6) is 5.75 Å². The van der Waals surface area contributed by atoms with Crippen molar-refractivity contribution in [3.63, 3.8) is 0 Å². The van der Waals surface area contributed by atoms with Crippen molar-refractivity contribution in [2.45, 2.75) is 31.8 Å². The number of likely N-dealkylation sites (N-methyl/N-ethyl adjacent to an activating group) is 1. The lowest BCUT2D eigenvalue weighted by atomic mass is 10.0. The molecule has 8 heteroatoms. The molecule has 3 N–H and O–H groups in total. The Morgan fingerprint density at radius 1 is 1.19 bits per heavy atom. The number of benzene rings is 1. The fourth-order valence-electron chi connectivity index (χ4n) is 3.34. The summed E-state index contributed by atoms with van der Waals surface area (Å²) in [5, 5.41) is 8.19. The third-order valence-electron chi connectivity index (χ3n) is 4.65. The van der Waals surface area contributed by atoms with E-state index in [9.17, 15) is 14.4 Å². The summed E-state index contributed by atoms with van der Waals surface area (Å²) in [6.45, 7) is 2.83. The van der Waals surface area contributed by atoms with Gasteiger partial charge in [-0.25, -0.2) is 0 Å². The van der Waals surface area contributed by atoms with E-state index in [0.29, 0.717) is 31.8 Å². The van der Waals surface area contributed by atoms with Gasteiger partial charge in [-0.05, 0) is 30.5 Å². The van der Waals surface area contributed by atoms with Crippen LogP contribution < -0.4 is 20.7 Å². The van der Waals surface area contributed by atoms with Crippen molar-refractivity contribution in [2.24, 2.45) is 0 Å². The minimum atomic E-state index is -0.547. The normalized spacial score (nSPS) is 17.8. The van der Waals surface area contributed by atoms with E-state index in [1.54, 1.807) is 14.2 Å². The van der Waals surface area contributed by atoms with Crippen LogP contribution in [-0.2, 0) is 14.4 Å². The van der Waals surface area contributed by atoms with Crippen LogP contribution in [0, 0.1) is 0 Å². The Labute approximate surface area is 159 Å². The topological polar surface area (TPSA) is 99.8 Å². The fraction of sp³-hybridized carbons (Fsp3) is 0.526. The summed E-state index contributed by atoms with van der Waals surface area (Å²) in [7, 11) is 3.18. The molecule has 0 spiro atoms. The van der Waals surface area contributed by atoms with E-state index in [4.69, 9.17) is 4.74 Å². The van der Waals surface area contributed by atoms with Gasteiger partial charge in [0.2, 0.25) is 17.7 Å². The van der Waals surface area contributed by atoms with Gasteiger partial charge < -0.3 is 20.7 Å². The van der Waals surface area contributed by atoms with Crippen LogP contribution in [0.15, 0.2) is 24.3 Å². The summed E-state index contributed by atoms with van der Waals surface area (Å²) >= 11 is 0. The van der Waals surface area contributed by atoms with Crippen molar-refractivity contribution in [3.05, 3.63) is 29.8 Å². The van der Waals surface area contributed by atoms with Crippen LogP contribution in [0.3, 0.4) is 0 Å². The Kier molecular flexibility index (Phi) is 7.60. The van der Waals surface area contributed by atoms with Gasteiger partial charge in [-0.15, -0.1) is 0 Å². The third-order valence-corrected chi connectivity index (χ3v) is 4.65. The molecule has 3 amide bonds. The first-order chi connectivity index (χ1) is 13.0. The number of carbonyl (C=O) groups is 3. The van der Waals surface area contributed by atoms with Gasteiger partial charge in [0.1, 0.15) is 11.8 Å². The highest BCUT2D eigenvalue weighted by Crippen LogP contribution is 2.30. The average molecular weight is 376 g/mol. The second-order valence-electron chi connectivity index (χ2n) is 6.46. The third kappa shape index (κ3) is 5.43. The van der Waals surface area contributed by atoms with Gasteiger partial charge in [-0.2, -0.15) is 0 Å². The van der Waals surface area contributed by atoms with E-state index in [1.165, 1.54) is 6.92 Å². The number of hydrogen-bond acceptors (Lipinski definition) is 5. The fourth-order valence-corrected chi connectivity index (χ4v) is 3.34. The van der Waals surface area contributed by atoms with E-state index >= 15 is 0 Å². The Balaban J connectivity index is 2.12. The average Bonchev–Trinajstić information content (AvgIpc) is 3.14. The number of rotatable bonds is 8. The van der Waals surface area contributed by atoms with Crippen molar-refractivity contribution >= 4 is 17.7 Å². The number of hydrogen-bond donors (Lipinski definition) is 3. The van der Waals surface area contributed by atoms with Gasteiger partial charge in [-0.3, -0.25) is 19.3 Å². The molecule has 1 heterocycles.